The Balaban J connectivity index is 2.58. The van der Waals surface area contributed by atoms with E-state index in [-0.39, 0.29) is 0 Å². The molecule has 0 radical (unpaired) electrons. The van der Waals surface area contributed by atoms with Crippen LogP contribution in [0.2, 0.25) is 5.02 Å². The first kappa shape index (κ1) is 17.7. The zero-order valence-electron chi connectivity index (χ0n) is 11.8. The molecule has 1 aromatic rings. The highest BCUT2D eigenvalue weighted by Crippen LogP contribution is 2.18. The maximum atomic E-state index is 12.0. The molecular weight excluding hydrogens is 314 g/mol. The number of nitrogens with one attached hydrogen (secondary N) is 1. The number of aliphatic carboxylic acids is 1. The number of carbonyl (C=O) groups is 2. The molecule has 1 aromatic carbocycles. The molecule has 0 saturated carbocycles. The Morgan fingerprint density at radius 1 is 1.48 bits per heavy atom. The van der Waals surface area contributed by atoms with Crippen molar-refractivity contribution in [3.05, 3.63) is 29.3 Å². The van der Waals surface area contributed by atoms with Crippen LogP contribution in [0.3, 0.4) is 0 Å². The number of ether oxygens (including phenoxy) is 1. The lowest BCUT2D eigenvalue weighted by Crippen LogP contribution is -2.46. The third-order valence-corrected chi connectivity index (χ3v) is 3.58. The minimum absolute atomic E-state index is 0.367. The molecule has 21 heavy (non-hydrogen) atoms. The molecule has 2 atom stereocenters. The van der Waals surface area contributed by atoms with Gasteiger partial charge in [0.2, 0.25) is 0 Å². The van der Waals surface area contributed by atoms with Gasteiger partial charge >= 0.3 is 5.97 Å². The van der Waals surface area contributed by atoms with Crippen LogP contribution >= 0.6 is 23.4 Å². The van der Waals surface area contributed by atoms with Crippen molar-refractivity contribution in [1.29, 1.82) is 0 Å². The summed E-state index contributed by atoms with van der Waals surface area (Å²) < 4.78 is 5.45. The van der Waals surface area contributed by atoms with E-state index in [0.29, 0.717) is 22.9 Å². The standard InChI is InChI=1S/C14H18ClNO4S/c1-9(20-11-5-3-4-10(15)8-11)13(17)16-12(14(18)19)6-7-21-2/h3-5,8-9,12H,6-7H2,1-2H3,(H,16,17)(H,18,19)/t9?,12-/m0/s1. The van der Waals surface area contributed by atoms with Gasteiger partial charge in [0.25, 0.3) is 5.91 Å². The second kappa shape index (κ2) is 8.79. The van der Waals surface area contributed by atoms with Crippen LogP contribution in [0.1, 0.15) is 13.3 Å². The van der Waals surface area contributed by atoms with E-state index in [2.05, 4.69) is 5.32 Å². The van der Waals surface area contributed by atoms with E-state index >= 15 is 0 Å². The topological polar surface area (TPSA) is 75.6 Å². The molecule has 0 aromatic heterocycles. The summed E-state index contributed by atoms with van der Waals surface area (Å²) in [5.41, 5.74) is 0. The van der Waals surface area contributed by atoms with Gasteiger partial charge in [-0.1, -0.05) is 17.7 Å². The largest absolute Gasteiger partial charge is 0.481 e. The average Bonchev–Trinajstić information content (AvgIpc) is 2.42. The minimum atomic E-state index is -1.05. The maximum absolute atomic E-state index is 12.0. The molecular formula is C14H18ClNO4S. The van der Waals surface area contributed by atoms with Gasteiger partial charge in [0.05, 0.1) is 0 Å². The Labute approximate surface area is 133 Å². The number of carboxylic acid groups (broad SMARTS) is 1. The van der Waals surface area contributed by atoms with Crippen LogP contribution in [0.15, 0.2) is 24.3 Å². The van der Waals surface area contributed by atoms with E-state index in [1.165, 1.54) is 11.8 Å². The van der Waals surface area contributed by atoms with Crippen molar-refractivity contribution >= 4 is 35.2 Å². The van der Waals surface area contributed by atoms with Gasteiger partial charge in [-0.3, -0.25) is 4.79 Å². The Morgan fingerprint density at radius 3 is 2.76 bits per heavy atom. The lowest BCUT2D eigenvalue weighted by Gasteiger charge is -2.18. The van der Waals surface area contributed by atoms with Crippen LogP contribution in [-0.2, 0) is 9.59 Å². The van der Waals surface area contributed by atoms with Crippen molar-refractivity contribution < 1.29 is 19.4 Å². The molecule has 1 unspecified atom stereocenters. The molecule has 0 aliphatic rings. The molecule has 0 bridgehead atoms. The summed E-state index contributed by atoms with van der Waals surface area (Å²) in [5, 5.41) is 12.1. The van der Waals surface area contributed by atoms with Gasteiger partial charge in [-0.15, -0.1) is 0 Å². The number of rotatable bonds is 8. The lowest BCUT2D eigenvalue weighted by molar-refractivity contribution is -0.142. The fraction of sp³-hybridized carbons (Fsp3) is 0.429. The zero-order valence-corrected chi connectivity index (χ0v) is 13.4. The van der Waals surface area contributed by atoms with Gasteiger partial charge in [-0.25, -0.2) is 4.79 Å². The second-order valence-corrected chi connectivity index (χ2v) is 5.82. The normalized spacial score (nSPS) is 13.3. The number of hydrogen-bond donors (Lipinski definition) is 2. The van der Waals surface area contributed by atoms with Crippen molar-refractivity contribution in [2.45, 2.75) is 25.5 Å². The number of benzene rings is 1. The monoisotopic (exact) mass is 331 g/mol. The molecule has 0 aliphatic heterocycles. The summed E-state index contributed by atoms with van der Waals surface area (Å²) in [6.45, 7) is 1.56. The molecule has 0 spiro atoms. The summed E-state index contributed by atoms with van der Waals surface area (Å²) in [6.07, 6.45) is 1.44. The highest BCUT2D eigenvalue weighted by atomic mass is 35.5. The van der Waals surface area contributed by atoms with Crippen molar-refractivity contribution in [2.24, 2.45) is 0 Å². The smallest absolute Gasteiger partial charge is 0.326 e. The molecule has 1 rings (SSSR count). The van der Waals surface area contributed by atoms with Crippen LogP contribution < -0.4 is 10.1 Å². The van der Waals surface area contributed by atoms with Crippen molar-refractivity contribution in [3.63, 3.8) is 0 Å². The highest BCUT2D eigenvalue weighted by Gasteiger charge is 2.23. The summed E-state index contributed by atoms with van der Waals surface area (Å²) in [6, 6.07) is 5.77. The number of thioether (sulfide) groups is 1. The summed E-state index contributed by atoms with van der Waals surface area (Å²) in [7, 11) is 0. The summed E-state index contributed by atoms with van der Waals surface area (Å²) in [5.74, 6) is -0.405. The second-order valence-electron chi connectivity index (χ2n) is 4.40. The third-order valence-electron chi connectivity index (χ3n) is 2.70. The van der Waals surface area contributed by atoms with E-state index in [1.54, 1.807) is 31.2 Å². The van der Waals surface area contributed by atoms with Gasteiger partial charge < -0.3 is 15.2 Å². The van der Waals surface area contributed by atoms with Crippen LogP contribution in [-0.4, -0.2) is 41.1 Å². The number of halogens is 1. The van der Waals surface area contributed by atoms with Gasteiger partial charge in [-0.05, 0) is 43.6 Å². The van der Waals surface area contributed by atoms with Crippen LogP contribution in [0.25, 0.3) is 0 Å². The van der Waals surface area contributed by atoms with Crippen LogP contribution in [0, 0.1) is 0 Å². The van der Waals surface area contributed by atoms with Crippen LogP contribution in [0.5, 0.6) is 5.75 Å². The predicted molar refractivity (Wildman–Crippen MR) is 84.1 cm³/mol. The SMILES string of the molecule is CSCC[C@H](NC(=O)C(C)Oc1cccc(Cl)c1)C(=O)O. The molecule has 0 saturated heterocycles. The molecule has 0 aliphatic carbocycles. The highest BCUT2D eigenvalue weighted by molar-refractivity contribution is 7.98. The minimum Gasteiger partial charge on any atom is -0.481 e. The van der Waals surface area contributed by atoms with Crippen molar-refractivity contribution in [3.8, 4) is 5.75 Å². The number of amides is 1. The number of hydrogen-bond acceptors (Lipinski definition) is 4. The molecule has 116 valence electrons. The zero-order chi connectivity index (χ0) is 15.8. The molecule has 7 heteroatoms. The van der Waals surface area contributed by atoms with Crippen molar-refractivity contribution in [1.82, 2.24) is 5.32 Å². The fourth-order valence-corrected chi connectivity index (χ4v) is 2.23. The van der Waals surface area contributed by atoms with E-state index in [0.717, 1.165) is 0 Å². The lowest BCUT2D eigenvalue weighted by atomic mass is 10.2. The average molecular weight is 332 g/mol. The first-order chi connectivity index (χ1) is 9.93. The van der Waals surface area contributed by atoms with E-state index in [9.17, 15) is 9.59 Å². The molecule has 0 fully saturated rings. The van der Waals surface area contributed by atoms with Gasteiger partial charge in [0, 0.05) is 5.02 Å². The number of carboxylic acids is 1. The molecule has 0 heterocycles. The Bertz CT molecular complexity index is 498. The van der Waals surface area contributed by atoms with E-state index in [4.69, 9.17) is 21.4 Å². The van der Waals surface area contributed by atoms with Gasteiger partial charge in [0.15, 0.2) is 6.10 Å². The Morgan fingerprint density at radius 2 is 2.19 bits per heavy atom. The van der Waals surface area contributed by atoms with Gasteiger partial charge in [-0.2, -0.15) is 11.8 Å². The molecule has 2 N–H and O–H groups in total. The Hall–Kier alpha value is -1.40. The summed E-state index contributed by atoms with van der Waals surface area (Å²) >= 11 is 7.36. The van der Waals surface area contributed by atoms with Crippen molar-refractivity contribution in [2.75, 3.05) is 12.0 Å². The van der Waals surface area contributed by atoms with Gasteiger partial charge in [0.1, 0.15) is 11.8 Å². The third kappa shape index (κ3) is 6.27. The first-order valence-corrected chi connectivity index (χ1v) is 8.15. The quantitative estimate of drug-likeness (QED) is 0.765. The predicted octanol–water partition coefficient (Wildman–Crippen LogP) is 2.43. The van der Waals surface area contributed by atoms with Crippen LogP contribution in [0.4, 0.5) is 0 Å². The fourth-order valence-electron chi connectivity index (χ4n) is 1.58. The molecule has 5 nitrogen and oxygen atoms in total. The Kier molecular flexibility index (Phi) is 7.39. The van der Waals surface area contributed by atoms with E-state index in [1.807, 2.05) is 6.26 Å². The molecule has 1 amide bonds. The van der Waals surface area contributed by atoms with E-state index < -0.39 is 24.0 Å². The maximum Gasteiger partial charge on any atom is 0.326 e. The summed E-state index contributed by atoms with van der Waals surface area (Å²) in [4.78, 5) is 23.1. The number of carbonyl (C=O) groups excluding carboxylic acids is 1. The first-order valence-electron chi connectivity index (χ1n) is 6.38.